The molecule has 128 valence electrons. The van der Waals surface area contributed by atoms with Crippen LogP contribution in [0.2, 0.25) is 0 Å². The summed E-state index contributed by atoms with van der Waals surface area (Å²) in [4.78, 5) is 24.5. The van der Waals surface area contributed by atoms with Gasteiger partial charge < -0.3 is 4.74 Å². The van der Waals surface area contributed by atoms with Gasteiger partial charge in [0.25, 0.3) is 0 Å². The molecule has 0 aromatic heterocycles. The molecule has 3 heteroatoms. The lowest BCUT2D eigenvalue weighted by Crippen LogP contribution is -2.59. The Kier molecular flexibility index (Phi) is 3.14. The number of hydrogen-bond acceptors (Lipinski definition) is 3. The number of esters is 2. The zero-order chi connectivity index (χ0) is 16.6. The van der Waals surface area contributed by atoms with Crippen LogP contribution in [0.3, 0.4) is 0 Å². The minimum absolute atomic E-state index is 0.0508. The normalized spacial score (nSPS) is 51.5. The molecule has 23 heavy (non-hydrogen) atoms. The van der Waals surface area contributed by atoms with E-state index in [2.05, 4.69) is 27.7 Å². The van der Waals surface area contributed by atoms with Gasteiger partial charge in [0.05, 0.1) is 11.8 Å². The monoisotopic (exact) mass is 318 g/mol. The van der Waals surface area contributed by atoms with E-state index >= 15 is 0 Å². The fourth-order valence-electron chi connectivity index (χ4n) is 7.62. The van der Waals surface area contributed by atoms with Gasteiger partial charge in [-0.2, -0.15) is 0 Å². The van der Waals surface area contributed by atoms with Crippen LogP contribution in [0.4, 0.5) is 0 Å². The van der Waals surface area contributed by atoms with Gasteiger partial charge in [-0.05, 0) is 66.6 Å². The third kappa shape index (κ3) is 1.88. The summed E-state index contributed by atoms with van der Waals surface area (Å²) in [6.07, 6.45) is 8.10. The number of hydrogen-bond donors (Lipinski definition) is 0. The zero-order valence-corrected chi connectivity index (χ0v) is 15.0. The maximum absolute atomic E-state index is 12.4. The average molecular weight is 318 g/mol. The van der Waals surface area contributed by atoms with E-state index < -0.39 is 0 Å². The van der Waals surface area contributed by atoms with Crippen molar-refractivity contribution in [3.05, 3.63) is 0 Å². The summed E-state index contributed by atoms with van der Waals surface area (Å²) >= 11 is 0. The van der Waals surface area contributed by atoms with Gasteiger partial charge in [-0.15, -0.1) is 0 Å². The summed E-state index contributed by atoms with van der Waals surface area (Å²) in [6.45, 7) is 9.66. The first-order valence-corrected chi connectivity index (χ1v) is 9.46. The third-order valence-electron chi connectivity index (χ3n) is 8.48. The average Bonchev–Trinajstić information content (AvgIpc) is 2.73. The molecule has 4 rings (SSSR count). The van der Waals surface area contributed by atoms with Gasteiger partial charge in [0.1, 0.15) is 0 Å². The number of cyclic esters (lactones) is 2. The highest BCUT2D eigenvalue weighted by Crippen LogP contribution is 2.69. The van der Waals surface area contributed by atoms with E-state index in [1.807, 2.05) is 0 Å². The van der Waals surface area contributed by atoms with Gasteiger partial charge in [-0.3, -0.25) is 9.59 Å². The molecule has 6 atom stereocenters. The minimum Gasteiger partial charge on any atom is -0.393 e. The van der Waals surface area contributed by atoms with Crippen LogP contribution in [0.25, 0.3) is 0 Å². The summed E-state index contributed by atoms with van der Waals surface area (Å²) < 4.78 is 5.05. The van der Waals surface area contributed by atoms with Gasteiger partial charge in [-0.1, -0.05) is 34.1 Å². The van der Waals surface area contributed by atoms with Crippen molar-refractivity contribution in [2.75, 3.05) is 0 Å². The Hall–Kier alpha value is -0.860. The maximum atomic E-state index is 12.4. The Morgan fingerprint density at radius 1 is 0.826 bits per heavy atom. The molecule has 0 bridgehead atoms. The van der Waals surface area contributed by atoms with Crippen molar-refractivity contribution < 1.29 is 14.3 Å². The molecule has 3 saturated carbocycles. The summed E-state index contributed by atoms with van der Waals surface area (Å²) in [5, 5.41) is 0. The van der Waals surface area contributed by atoms with E-state index in [1.165, 1.54) is 25.7 Å². The van der Waals surface area contributed by atoms with Crippen molar-refractivity contribution >= 4 is 11.9 Å². The van der Waals surface area contributed by atoms with Crippen LogP contribution >= 0.6 is 0 Å². The van der Waals surface area contributed by atoms with E-state index in [9.17, 15) is 9.59 Å². The Morgan fingerprint density at radius 2 is 1.57 bits per heavy atom. The van der Waals surface area contributed by atoms with E-state index in [0.717, 1.165) is 25.2 Å². The maximum Gasteiger partial charge on any atom is 0.318 e. The highest BCUT2D eigenvalue weighted by molar-refractivity contribution is 5.97. The first-order valence-electron chi connectivity index (χ1n) is 9.46. The van der Waals surface area contributed by atoms with Gasteiger partial charge >= 0.3 is 11.9 Å². The smallest absolute Gasteiger partial charge is 0.318 e. The largest absolute Gasteiger partial charge is 0.393 e. The summed E-state index contributed by atoms with van der Waals surface area (Å²) in [5.41, 5.74) is 0.660. The lowest BCUT2D eigenvalue weighted by Gasteiger charge is -2.65. The van der Waals surface area contributed by atoms with Gasteiger partial charge in [-0.25, -0.2) is 0 Å². The minimum atomic E-state index is -0.254. The van der Waals surface area contributed by atoms with E-state index in [0.29, 0.717) is 16.7 Å². The van der Waals surface area contributed by atoms with Crippen LogP contribution in [0, 0.1) is 39.9 Å². The SMILES string of the molecule is CC1(C)CCCC2(C)C1CCC1(C)C3C(=O)OC(=O)C3CCC12. The van der Waals surface area contributed by atoms with E-state index in [1.54, 1.807) is 0 Å². The highest BCUT2D eigenvalue weighted by atomic mass is 16.6. The molecule has 1 saturated heterocycles. The molecule has 4 aliphatic rings. The Labute approximate surface area is 139 Å². The summed E-state index contributed by atoms with van der Waals surface area (Å²) in [6, 6.07) is 0. The van der Waals surface area contributed by atoms with Crippen LogP contribution in [0.5, 0.6) is 0 Å². The fraction of sp³-hybridized carbons (Fsp3) is 0.900. The van der Waals surface area contributed by atoms with E-state index in [-0.39, 0.29) is 29.2 Å². The molecule has 0 N–H and O–H groups in total. The molecule has 0 amide bonds. The second-order valence-electron chi connectivity index (χ2n) is 9.90. The third-order valence-corrected chi connectivity index (χ3v) is 8.48. The molecule has 4 fully saturated rings. The van der Waals surface area contributed by atoms with Crippen molar-refractivity contribution in [2.24, 2.45) is 39.9 Å². The molecule has 0 aromatic carbocycles. The number of fused-ring (bicyclic) bond motifs is 5. The topological polar surface area (TPSA) is 43.4 Å². The van der Waals surface area contributed by atoms with Crippen molar-refractivity contribution in [3.63, 3.8) is 0 Å². The van der Waals surface area contributed by atoms with Crippen molar-refractivity contribution in [1.82, 2.24) is 0 Å². The molecule has 6 unspecified atom stereocenters. The predicted octanol–water partition coefficient (Wildman–Crippen LogP) is 4.34. The second-order valence-corrected chi connectivity index (χ2v) is 9.90. The van der Waals surface area contributed by atoms with Gasteiger partial charge in [0.2, 0.25) is 0 Å². The first kappa shape index (κ1) is 15.7. The van der Waals surface area contributed by atoms with Crippen LogP contribution in [0.1, 0.15) is 72.6 Å². The summed E-state index contributed by atoms with van der Waals surface area (Å²) in [7, 11) is 0. The van der Waals surface area contributed by atoms with Gasteiger partial charge in [0, 0.05) is 0 Å². The van der Waals surface area contributed by atoms with Crippen LogP contribution < -0.4 is 0 Å². The molecule has 0 radical (unpaired) electrons. The lowest BCUT2D eigenvalue weighted by atomic mass is 9.39. The fourth-order valence-corrected chi connectivity index (χ4v) is 7.62. The molecule has 1 heterocycles. The number of ether oxygens (including phenoxy) is 1. The zero-order valence-electron chi connectivity index (χ0n) is 15.0. The Balaban J connectivity index is 1.75. The molecule has 0 spiro atoms. The Morgan fingerprint density at radius 3 is 2.30 bits per heavy atom. The number of carbonyl (C=O) groups excluding carboxylic acids is 2. The van der Waals surface area contributed by atoms with Crippen LogP contribution in [0.15, 0.2) is 0 Å². The predicted molar refractivity (Wildman–Crippen MR) is 87.4 cm³/mol. The number of carbonyl (C=O) groups is 2. The van der Waals surface area contributed by atoms with Crippen molar-refractivity contribution in [1.29, 1.82) is 0 Å². The second kappa shape index (κ2) is 4.61. The molecular formula is C20H30O3. The Bertz CT molecular complexity index is 565. The van der Waals surface area contributed by atoms with E-state index in [4.69, 9.17) is 4.74 Å². The van der Waals surface area contributed by atoms with Crippen LogP contribution in [-0.2, 0) is 14.3 Å². The highest BCUT2D eigenvalue weighted by Gasteiger charge is 2.66. The molecule has 0 aromatic rings. The summed E-state index contributed by atoms with van der Waals surface area (Å²) in [5.74, 6) is 0.455. The first-order chi connectivity index (χ1) is 10.7. The van der Waals surface area contributed by atoms with Crippen LogP contribution in [-0.4, -0.2) is 11.9 Å². The standard InChI is InChI=1S/C20H30O3/c1-18(2)9-5-10-19(3)13(18)8-11-20(4)14(19)7-6-12-15(20)17(22)23-16(12)21/h12-15H,5-11H2,1-4H3. The quantitative estimate of drug-likeness (QED) is 0.493. The molecule has 3 nitrogen and oxygen atoms in total. The molecule has 1 aliphatic heterocycles. The number of rotatable bonds is 0. The molecular weight excluding hydrogens is 288 g/mol. The molecule has 3 aliphatic carbocycles. The van der Waals surface area contributed by atoms with Crippen molar-refractivity contribution in [3.8, 4) is 0 Å². The van der Waals surface area contributed by atoms with Crippen molar-refractivity contribution in [2.45, 2.75) is 72.6 Å². The lowest BCUT2D eigenvalue weighted by molar-refractivity contribution is -0.177. The van der Waals surface area contributed by atoms with Gasteiger partial charge in [0.15, 0.2) is 0 Å².